The lowest BCUT2D eigenvalue weighted by Gasteiger charge is -2.27. The number of nitrogens with zero attached hydrogens (tertiary/aromatic N) is 2. The number of benzene rings is 1. The predicted molar refractivity (Wildman–Crippen MR) is 81.1 cm³/mol. The second-order valence-electron chi connectivity index (χ2n) is 5.60. The van der Waals surface area contributed by atoms with E-state index in [0.29, 0.717) is 17.1 Å². The van der Waals surface area contributed by atoms with Crippen molar-refractivity contribution in [1.29, 1.82) is 0 Å². The van der Waals surface area contributed by atoms with Gasteiger partial charge in [0.1, 0.15) is 0 Å². The smallest absolute Gasteiger partial charge is 0.243 e. The molecule has 1 unspecified atom stereocenters. The summed E-state index contributed by atoms with van der Waals surface area (Å²) in [6, 6.07) is 4.90. The van der Waals surface area contributed by atoms with Crippen LogP contribution in [-0.4, -0.2) is 50.3 Å². The molecule has 0 amide bonds. The van der Waals surface area contributed by atoms with Crippen LogP contribution in [0, 0.1) is 6.92 Å². The second kappa shape index (κ2) is 5.71. The highest BCUT2D eigenvalue weighted by Crippen LogP contribution is 2.23. The monoisotopic (exact) mass is 297 g/mol. The molecule has 0 spiro atoms. The van der Waals surface area contributed by atoms with Gasteiger partial charge in [0, 0.05) is 24.8 Å². The Bertz CT molecular complexity index is 586. The molecule has 1 aliphatic rings. The highest BCUT2D eigenvalue weighted by Gasteiger charge is 2.31. The average molecular weight is 297 g/mol. The van der Waals surface area contributed by atoms with Crippen LogP contribution in [0.5, 0.6) is 0 Å². The third-order valence-electron chi connectivity index (χ3n) is 3.83. The van der Waals surface area contributed by atoms with Gasteiger partial charge in [-0.05, 0) is 57.6 Å². The summed E-state index contributed by atoms with van der Waals surface area (Å²) < 4.78 is 27.2. The van der Waals surface area contributed by atoms with Crippen molar-refractivity contribution in [1.82, 2.24) is 9.21 Å². The zero-order valence-electron chi connectivity index (χ0n) is 12.3. The van der Waals surface area contributed by atoms with Gasteiger partial charge in [-0.25, -0.2) is 8.42 Å². The van der Waals surface area contributed by atoms with Crippen molar-refractivity contribution >= 4 is 15.7 Å². The number of hydrogen-bond donors (Lipinski definition) is 1. The Morgan fingerprint density at radius 2 is 2.00 bits per heavy atom. The van der Waals surface area contributed by atoms with Crippen LogP contribution in [0.4, 0.5) is 5.69 Å². The van der Waals surface area contributed by atoms with E-state index in [-0.39, 0.29) is 6.04 Å². The Hall–Kier alpha value is -1.11. The highest BCUT2D eigenvalue weighted by molar-refractivity contribution is 7.89. The summed E-state index contributed by atoms with van der Waals surface area (Å²) in [5.74, 6) is 0. The van der Waals surface area contributed by atoms with Crippen LogP contribution in [0.2, 0.25) is 0 Å². The fourth-order valence-electron chi connectivity index (χ4n) is 2.65. The molecule has 2 N–H and O–H groups in total. The molecule has 112 valence electrons. The molecule has 0 radical (unpaired) electrons. The number of anilines is 1. The van der Waals surface area contributed by atoms with Crippen molar-refractivity contribution in [3.8, 4) is 0 Å². The van der Waals surface area contributed by atoms with Gasteiger partial charge >= 0.3 is 0 Å². The summed E-state index contributed by atoms with van der Waals surface area (Å²) in [5, 5.41) is 0. The number of nitrogen functional groups attached to an aromatic ring is 1. The van der Waals surface area contributed by atoms with E-state index in [1.165, 1.54) is 0 Å². The number of nitrogens with two attached hydrogens (primary N) is 1. The van der Waals surface area contributed by atoms with E-state index < -0.39 is 10.0 Å². The molecule has 1 fully saturated rings. The van der Waals surface area contributed by atoms with E-state index in [9.17, 15) is 8.42 Å². The standard InChI is InChI=1S/C14H23N3O2S/c1-11-9-13(5-6-14(11)15)20(18,19)17-8-4-7-16(3)10-12(17)2/h5-6,9,12H,4,7-8,10,15H2,1-3H3. The highest BCUT2D eigenvalue weighted by atomic mass is 32.2. The lowest BCUT2D eigenvalue weighted by molar-refractivity contribution is 0.290. The molecule has 0 aromatic heterocycles. The predicted octanol–water partition coefficient (Wildman–Crippen LogP) is 1.29. The van der Waals surface area contributed by atoms with E-state index in [0.717, 1.165) is 25.1 Å². The van der Waals surface area contributed by atoms with E-state index in [2.05, 4.69) is 4.90 Å². The summed E-state index contributed by atoms with van der Waals surface area (Å²) in [5.41, 5.74) is 7.18. The Balaban J connectivity index is 2.35. The largest absolute Gasteiger partial charge is 0.399 e. The molecule has 1 saturated heterocycles. The Morgan fingerprint density at radius 1 is 1.30 bits per heavy atom. The van der Waals surface area contributed by atoms with Gasteiger partial charge in [0.05, 0.1) is 4.90 Å². The van der Waals surface area contributed by atoms with Crippen LogP contribution in [0.25, 0.3) is 0 Å². The first-order chi connectivity index (χ1) is 9.32. The minimum Gasteiger partial charge on any atom is -0.399 e. The molecular formula is C14H23N3O2S. The first kappa shape index (κ1) is 15.3. The minimum absolute atomic E-state index is 0.0228. The number of hydrogen-bond acceptors (Lipinski definition) is 4. The third kappa shape index (κ3) is 2.97. The summed E-state index contributed by atoms with van der Waals surface area (Å²) in [6.07, 6.45) is 0.855. The van der Waals surface area contributed by atoms with Crippen LogP contribution in [-0.2, 0) is 10.0 Å². The van der Waals surface area contributed by atoms with Gasteiger partial charge in [-0.15, -0.1) is 0 Å². The summed E-state index contributed by atoms with van der Waals surface area (Å²) in [6.45, 7) is 6.04. The Labute approximate surface area is 121 Å². The van der Waals surface area contributed by atoms with Gasteiger partial charge < -0.3 is 10.6 Å². The van der Waals surface area contributed by atoms with E-state index >= 15 is 0 Å². The molecule has 6 heteroatoms. The average Bonchev–Trinajstić information content (AvgIpc) is 2.53. The molecule has 1 atom stereocenters. The van der Waals surface area contributed by atoms with Gasteiger partial charge in [-0.3, -0.25) is 0 Å². The van der Waals surface area contributed by atoms with Crippen molar-refractivity contribution < 1.29 is 8.42 Å². The lowest BCUT2D eigenvalue weighted by atomic mass is 10.2. The second-order valence-corrected chi connectivity index (χ2v) is 7.49. The molecule has 1 aromatic carbocycles. The normalized spacial score (nSPS) is 22.6. The Kier molecular flexibility index (Phi) is 4.36. The molecule has 1 aliphatic heterocycles. The van der Waals surface area contributed by atoms with Crippen LogP contribution in [0.1, 0.15) is 18.9 Å². The first-order valence-electron chi connectivity index (χ1n) is 6.89. The number of likely N-dealkylation sites (N-methyl/N-ethyl adjacent to an activating group) is 1. The van der Waals surface area contributed by atoms with Crippen molar-refractivity contribution in [2.75, 3.05) is 32.4 Å². The Morgan fingerprint density at radius 3 is 2.65 bits per heavy atom. The third-order valence-corrected chi connectivity index (χ3v) is 5.84. The van der Waals surface area contributed by atoms with Gasteiger partial charge in [-0.1, -0.05) is 0 Å². The lowest BCUT2D eigenvalue weighted by Crippen LogP contribution is -2.41. The van der Waals surface area contributed by atoms with E-state index in [4.69, 9.17) is 5.73 Å². The molecular weight excluding hydrogens is 274 g/mol. The molecule has 20 heavy (non-hydrogen) atoms. The maximum absolute atomic E-state index is 12.8. The SMILES string of the molecule is Cc1cc(S(=O)(=O)N2CCCN(C)CC2C)ccc1N. The molecule has 0 bridgehead atoms. The molecule has 5 nitrogen and oxygen atoms in total. The van der Waals surface area contributed by atoms with Crippen LogP contribution >= 0.6 is 0 Å². The van der Waals surface area contributed by atoms with Crippen molar-refractivity contribution in [2.24, 2.45) is 0 Å². The zero-order valence-corrected chi connectivity index (χ0v) is 13.2. The van der Waals surface area contributed by atoms with Crippen LogP contribution < -0.4 is 5.73 Å². The fraction of sp³-hybridized carbons (Fsp3) is 0.571. The maximum Gasteiger partial charge on any atom is 0.243 e. The van der Waals surface area contributed by atoms with Gasteiger partial charge in [0.25, 0.3) is 0 Å². The van der Waals surface area contributed by atoms with Crippen LogP contribution in [0.15, 0.2) is 23.1 Å². The molecule has 2 rings (SSSR count). The quantitative estimate of drug-likeness (QED) is 0.835. The van der Waals surface area contributed by atoms with E-state index in [1.807, 2.05) is 20.9 Å². The van der Waals surface area contributed by atoms with E-state index in [1.54, 1.807) is 22.5 Å². The first-order valence-corrected chi connectivity index (χ1v) is 8.33. The summed E-state index contributed by atoms with van der Waals surface area (Å²) in [7, 11) is -1.42. The minimum atomic E-state index is -3.45. The molecule has 0 saturated carbocycles. The number of aryl methyl sites for hydroxylation is 1. The zero-order chi connectivity index (χ0) is 14.9. The van der Waals surface area contributed by atoms with Gasteiger partial charge in [0.2, 0.25) is 10.0 Å². The summed E-state index contributed by atoms with van der Waals surface area (Å²) in [4.78, 5) is 2.51. The van der Waals surface area contributed by atoms with Gasteiger partial charge in [-0.2, -0.15) is 4.31 Å². The number of sulfonamides is 1. The molecule has 1 aromatic rings. The maximum atomic E-state index is 12.8. The number of rotatable bonds is 2. The van der Waals surface area contributed by atoms with Crippen molar-refractivity contribution in [2.45, 2.75) is 31.2 Å². The van der Waals surface area contributed by atoms with Crippen LogP contribution in [0.3, 0.4) is 0 Å². The van der Waals surface area contributed by atoms with Crippen molar-refractivity contribution in [3.63, 3.8) is 0 Å². The van der Waals surface area contributed by atoms with Crippen molar-refractivity contribution in [3.05, 3.63) is 23.8 Å². The summed E-state index contributed by atoms with van der Waals surface area (Å²) >= 11 is 0. The van der Waals surface area contributed by atoms with Gasteiger partial charge in [0.15, 0.2) is 0 Å². The molecule has 0 aliphatic carbocycles. The topological polar surface area (TPSA) is 66.6 Å². The molecule has 1 heterocycles. The fourth-order valence-corrected chi connectivity index (χ4v) is 4.40.